The molecule has 0 saturated heterocycles. The largest absolute Gasteiger partial charge is 0.354 e. The van der Waals surface area contributed by atoms with E-state index < -0.39 is 6.17 Å². The number of aromatic amines is 1. The standard InChI is InChI=1S/C22H19N5O3/c28-19(24-10-9-14-11-23-13-25-14)12-26-20-15-5-1-2-6-16(15)22(30)27(20)18-8-4-3-7-17(18)21(26)29/h1-8,11,13,20H,9-10,12H2,(H,23,25)(H,24,28)/t20-/m1/s1. The quantitative estimate of drug-likeness (QED) is 0.682. The zero-order valence-corrected chi connectivity index (χ0v) is 16.0. The Hall–Kier alpha value is -3.94. The fourth-order valence-electron chi connectivity index (χ4n) is 4.10. The number of benzene rings is 2. The lowest BCUT2D eigenvalue weighted by molar-refractivity contribution is -0.122. The molecule has 1 aromatic heterocycles. The summed E-state index contributed by atoms with van der Waals surface area (Å²) in [5.41, 5.74) is 3.19. The predicted octanol–water partition coefficient (Wildman–Crippen LogP) is 1.88. The summed E-state index contributed by atoms with van der Waals surface area (Å²) in [4.78, 5) is 49.0. The van der Waals surface area contributed by atoms with E-state index in [1.807, 2.05) is 12.1 Å². The number of aromatic nitrogens is 2. The molecule has 0 fully saturated rings. The minimum Gasteiger partial charge on any atom is -0.354 e. The van der Waals surface area contributed by atoms with Gasteiger partial charge < -0.3 is 15.2 Å². The smallest absolute Gasteiger partial charge is 0.260 e. The second kappa shape index (κ2) is 7.14. The van der Waals surface area contributed by atoms with E-state index in [4.69, 9.17) is 0 Å². The van der Waals surface area contributed by atoms with Crippen molar-refractivity contribution >= 4 is 23.4 Å². The lowest BCUT2D eigenvalue weighted by atomic mass is 10.0. The van der Waals surface area contributed by atoms with Crippen LogP contribution in [0.15, 0.2) is 61.1 Å². The van der Waals surface area contributed by atoms with E-state index in [-0.39, 0.29) is 24.3 Å². The molecule has 3 aromatic rings. The van der Waals surface area contributed by atoms with E-state index in [1.54, 1.807) is 53.8 Å². The van der Waals surface area contributed by atoms with Crippen LogP contribution in [0.3, 0.4) is 0 Å². The molecule has 1 atom stereocenters. The average molecular weight is 401 g/mol. The van der Waals surface area contributed by atoms with Gasteiger partial charge in [0, 0.05) is 36.0 Å². The number of fused-ring (bicyclic) bond motifs is 5. The molecular weight excluding hydrogens is 382 g/mol. The maximum Gasteiger partial charge on any atom is 0.260 e. The first-order valence-electron chi connectivity index (χ1n) is 9.71. The highest BCUT2D eigenvalue weighted by Gasteiger charge is 2.47. The lowest BCUT2D eigenvalue weighted by Gasteiger charge is -2.40. The molecule has 2 aliphatic heterocycles. The summed E-state index contributed by atoms with van der Waals surface area (Å²) < 4.78 is 0. The average Bonchev–Trinajstić information content (AvgIpc) is 3.38. The van der Waals surface area contributed by atoms with Gasteiger partial charge in [-0.05, 0) is 18.2 Å². The summed E-state index contributed by atoms with van der Waals surface area (Å²) in [5.74, 6) is -0.709. The Morgan fingerprint density at radius 3 is 2.60 bits per heavy atom. The molecule has 0 bridgehead atoms. The Morgan fingerprint density at radius 2 is 1.80 bits per heavy atom. The fraction of sp³-hybridized carbons (Fsp3) is 0.182. The van der Waals surface area contributed by atoms with Gasteiger partial charge in [0.25, 0.3) is 11.8 Å². The number of H-pyrrole nitrogens is 1. The third kappa shape index (κ3) is 2.85. The highest BCUT2D eigenvalue weighted by molar-refractivity contribution is 6.17. The first kappa shape index (κ1) is 18.1. The van der Waals surface area contributed by atoms with E-state index >= 15 is 0 Å². The summed E-state index contributed by atoms with van der Waals surface area (Å²) in [5, 5.41) is 2.84. The number of hydrogen-bond donors (Lipinski definition) is 2. The molecule has 0 spiro atoms. The van der Waals surface area contributed by atoms with Crippen LogP contribution in [0.1, 0.15) is 38.1 Å². The third-order valence-corrected chi connectivity index (χ3v) is 5.47. The van der Waals surface area contributed by atoms with Gasteiger partial charge in [0.15, 0.2) is 0 Å². The topological polar surface area (TPSA) is 98.4 Å². The second-order valence-corrected chi connectivity index (χ2v) is 7.26. The maximum atomic E-state index is 13.3. The van der Waals surface area contributed by atoms with Gasteiger partial charge in [0.2, 0.25) is 5.91 Å². The first-order chi connectivity index (χ1) is 14.6. The van der Waals surface area contributed by atoms with Gasteiger partial charge in [-0.3, -0.25) is 19.3 Å². The maximum absolute atomic E-state index is 13.3. The van der Waals surface area contributed by atoms with Crippen molar-refractivity contribution in [1.82, 2.24) is 20.2 Å². The molecule has 2 N–H and O–H groups in total. The number of amides is 3. The normalized spacial score (nSPS) is 16.9. The molecule has 8 nitrogen and oxygen atoms in total. The number of imidazole rings is 1. The zero-order chi connectivity index (χ0) is 20.7. The molecule has 2 aliphatic rings. The van der Waals surface area contributed by atoms with Gasteiger partial charge in [-0.2, -0.15) is 0 Å². The number of carbonyl (C=O) groups excluding carboxylic acids is 3. The van der Waals surface area contributed by atoms with Crippen LogP contribution in [0, 0.1) is 0 Å². The zero-order valence-electron chi connectivity index (χ0n) is 16.0. The molecule has 0 aliphatic carbocycles. The molecule has 2 aromatic carbocycles. The first-order valence-corrected chi connectivity index (χ1v) is 9.71. The minimum absolute atomic E-state index is 0.140. The van der Waals surface area contributed by atoms with Gasteiger partial charge in [0.05, 0.1) is 17.6 Å². The Labute approximate surface area is 172 Å². The van der Waals surface area contributed by atoms with Crippen molar-refractivity contribution in [3.05, 3.63) is 83.4 Å². The van der Waals surface area contributed by atoms with Crippen molar-refractivity contribution in [3.8, 4) is 0 Å². The Kier molecular flexibility index (Phi) is 4.31. The van der Waals surface area contributed by atoms with Crippen LogP contribution in [0.2, 0.25) is 0 Å². The number of nitrogens with zero attached hydrogens (tertiary/aromatic N) is 3. The molecular formula is C22H19N5O3. The minimum atomic E-state index is -0.630. The van der Waals surface area contributed by atoms with Gasteiger partial charge in [-0.1, -0.05) is 30.3 Å². The van der Waals surface area contributed by atoms with E-state index in [0.29, 0.717) is 29.8 Å². The summed E-state index contributed by atoms with van der Waals surface area (Å²) in [6, 6.07) is 14.2. The highest BCUT2D eigenvalue weighted by Crippen LogP contribution is 2.44. The van der Waals surface area contributed by atoms with Gasteiger partial charge in [-0.25, -0.2) is 4.98 Å². The summed E-state index contributed by atoms with van der Waals surface area (Å²) in [7, 11) is 0. The van der Waals surface area contributed by atoms with E-state index in [2.05, 4.69) is 15.3 Å². The molecule has 0 unspecified atom stereocenters. The molecule has 8 heteroatoms. The number of para-hydroxylation sites is 1. The number of anilines is 1. The van der Waals surface area contributed by atoms with Gasteiger partial charge in [-0.15, -0.1) is 0 Å². The van der Waals surface area contributed by atoms with Crippen molar-refractivity contribution in [2.75, 3.05) is 18.0 Å². The monoisotopic (exact) mass is 401 g/mol. The van der Waals surface area contributed by atoms with Gasteiger partial charge in [0.1, 0.15) is 12.7 Å². The molecule has 150 valence electrons. The van der Waals surface area contributed by atoms with Crippen LogP contribution >= 0.6 is 0 Å². The predicted molar refractivity (Wildman–Crippen MR) is 109 cm³/mol. The number of rotatable bonds is 5. The fourth-order valence-corrected chi connectivity index (χ4v) is 4.10. The molecule has 0 saturated carbocycles. The molecule has 3 amide bonds. The molecule has 5 rings (SSSR count). The van der Waals surface area contributed by atoms with Crippen molar-refractivity contribution < 1.29 is 14.4 Å². The number of hydrogen-bond acceptors (Lipinski definition) is 4. The Bertz CT molecular complexity index is 1140. The molecule has 3 heterocycles. The van der Waals surface area contributed by atoms with Crippen molar-refractivity contribution in [1.29, 1.82) is 0 Å². The van der Waals surface area contributed by atoms with Crippen LogP contribution in [0.5, 0.6) is 0 Å². The van der Waals surface area contributed by atoms with Crippen LogP contribution < -0.4 is 10.2 Å². The number of nitrogens with one attached hydrogen (secondary N) is 2. The SMILES string of the molecule is O=C(CN1C(=O)c2ccccc2N2C(=O)c3ccccc3[C@H]12)NCCc1cnc[nH]1. The van der Waals surface area contributed by atoms with Crippen LogP contribution in [-0.4, -0.2) is 45.7 Å². The molecule has 30 heavy (non-hydrogen) atoms. The molecule has 0 radical (unpaired) electrons. The van der Waals surface area contributed by atoms with Crippen LogP contribution in [0.25, 0.3) is 0 Å². The van der Waals surface area contributed by atoms with E-state index in [1.165, 1.54) is 4.90 Å². The summed E-state index contributed by atoms with van der Waals surface area (Å²) in [6.07, 6.45) is 3.27. The van der Waals surface area contributed by atoms with E-state index in [0.717, 1.165) is 11.3 Å². The lowest BCUT2D eigenvalue weighted by Crippen LogP contribution is -2.51. The summed E-state index contributed by atoms with van der Waals surface area (Å²) in [6.45, 7) is 0.280. The van der Waals surface area contributed by atoms with Crippen molar-refractivity contribution in [2.45, 2.75) is 12.6 Å². The van der Waals surface area contributed by atoms with Crippen molar-refractivity contribution in [3.63, 3.8) is 0 Å². The Balaban J connectivity index is 1.43. The van der Waals surface area contributed by atoms with E-state index in [9.17, 15) is 14.4 Å². The summed E-state index contributed by atoms with van der Waals surface area (Å²) >= 11 is 0. The van der Waals surface area contributed by atoms with Crippen molar-refractivity contribution in [2.24, 2.45) is 0 Å². The highest BCUT2D eigenvalue weighted by atomic mass is 16.2. The Morgan fingerprint density at radius 1 is 1.03 bits per heavy atom. The van der Waals surface area contributed by atoms with Gasteiger partial charge >= 0.3 is 0 Å². The van der Waals surface area contributed by atoms with Crippen LogP contribution in [0.4, 0.5) is 5.69 Å². The van der Waals surface area contributed by atoms with Crippen LogP contribution in [-0.2, 0) is 11.2 Å². The second-order valence-electron chi connectivity index (χ2n) is 7.26. The number of carbonyl (C=O) groups is 3. The third-order valence-electron chi connectivity index (χ3n) is 5.47.